The zero-order valence-electron chi connectivity index (χ0n) is 38.9. The molecule has 0 aliphatic carbocycles. The van der Waals surface area contributed by atoms with E-state index in [0.29, 0.717) is 17.4 Å². The van der Waals surface area contributed by atoms with Crippen molar-refractivity contribution in [3.63, 3.8) is 0 Å². The third-order valence-corrected chi connectivity index (χ3v) is 10.7. The van der Waals surface area contributed by atoms with Crippen molar-refractivity contribution >= 4 is 19.8 Å². The molecule has 346 valence electrons. The average molecular weight is 863 g/mol. The number of phosphoric ester groups is 1. The van der Waals surface area contributed by atoms with Crippen LogP contribution in [0.4, 0.5) is 0 Å². The maximum atomic E-state index is 12.7. The van der Waals surface area contributed by atoms with Gasteiger partial charge in [0.1, 0.15) is 19.8 Å². The van der Waals surface area contributed by atoms with E-state index >= 15 is 0 Å². The molecule has 0 fully saturated rings. The fourth-order valence-corrected chi connectivity index (χ4v) is 6.76. The van der Waals surface area contributed by atoms with Gasteiger partial charge in [-0.1, -0.05) is 164 Å². The van der Waals surface area contributed by atoms with Gasteiger partial charge in [0.25, 0.3) is 0 Å². The number of hydrogen-bond acceptors (Lipinski definition) is 7. The van der Waals surface area contributed by atoms with E-state index in [4.69, 9.17) is 18.5 Å². The third-order valence-electron chi connectivity index (χ3n) is 9.72. The molecule has 0 aromatic rings. The summed E-state index contributed by atoms with van der Waals surface area (Å²) in [6.45, 7) is 4.24. The smallest absolute Gasteiger partial charge is 0.462 e. The predicted molar refractivity (Wildman–Crippen MR) is 252 cm³/mol. The lowest BCUT2D eigenvalue weighted by atomic mass is 10.1. The molecule has 10 heteroatoms. The summed E-state index contributed by atoms with van der Waals surface area (Å²) in [5, 5.41) is 0. The van der Waals surface area contributed by atoms with E-state index in [1.54, 1.807) is 0 Å². The van der Waals surface area contributed by atoms with Crippen LogP contribution in [0.3, 0.4) is 0 Å². The van der Waals surface area contributed by atoms with Crippen LogP contribution in [-0.4, -0.2) is 74.9 Å². The molecule has 0 aromatic carbocycles. The largest absolute Gasteiger partial charge is 0.472 e. The monoisotopic (exact) mass is 863 g/mol. The van der Waals surface area contributed by atoms with Gasteiger partial charge < -0.3 is 18.9 Å². The number of carbonyl (C=O) groups is 2. The van der Waals surface area contributed by atoms with Crippen LogP contribution in [0.1, 0.15) is 181 Å². The lowest BCUT2D eigenvalue weighted by Gasteiger charge is -2.24. The molecule has 2 atom stereocenters. The number of phosphoric acid groups is 1. The van der Waals surface area contributed by atoms with Crippen molar-refractivity contribution in [2.24, 2.45) is 0 Å². The number of hydrogen-bond donors (Lipinski definition) is 1. The number of carbonyl (C=O) groups excluding carboxylic acids is 2. The topological polar surface area (TPSA) is 108 Å². The highest BCUT2D eigenvalue weighted by Crippen LogP contribution is 2.43. The van der Waals surface area contributed by atoms with Crippen LogP contribution in [0, 0.1) is 0 Å². The summed E-state index contributed by atoms with van der Waals surface area (Å²) >= 11 is 0. The Morgan fingerprint density at radius 1 is 0.533 bits per heavy atom. The molecule has 0 aromatic heterocycles. The Morgan fingerprint density at radius 3 is 1.43 bits per heavy atom. The van der Waals surface area contributed by atoms with Crippen LogP contribution in [0.5, 0.6) is 0 Å². The van der Waals surface area contributed by atoms with Crippen LogP contribution in [0.2, 0.25) is 0 Å². The second-order valence-electron chi connectivity index (χ2n) is 16.8. The van der Waals surface area contributed by atoms with Gasteiger partial charge >= 0.3 is 19.8 Å². The van der Waals surface area contributed by atoms with Crippen LogP contribution in [0.25, 0.3) is 0 Å². The second-order valence-corrected chi connectivity index (χ2v) is 18.2. The van der Waals surface area contributed by atoms with Gasteiger partial charge in [0, 0.05) is 12.8 Å². The van der Waals surface area contributed by atoms with Gasteiger partial charge in [-0.2, -0.15) is 0 Å². The SMILES string of the molecule is CC/C=C\C/C=C\C/C=C\C/C=C\C/C=C\CCCCCCCCCCCC(=O)OC(COC(=O)CCCCCCC/C=C\CCCC)COP(=O)(O)OCC[N+](C)(C)C. The Bertz CT molecular complexity index is 1250. The number of likely N-dealkylation sites (N-methyl/N-ethyl adjacent to an activating group) is 1. The fourth-order valence-electron chi connectivity index (χ4n) is 6.02. The van der Waals surface area contributed by atoms with Gasteiger partial charge in [0.05, 0.1) is 27.7 Å². The summed E-state index contributed by atoms with van der Waals surface area (Å²) in [4.78, 5) is 35.4. The lowest BCUT2D eigenvalue weighted by molar-refractivity contribution is -0.870. The number of allylic oxidation sites excluding steroid dienone is 12. The van der Waals surface area contributed by atoms with E-state index in [0.717, 1.165) is 103 Å². The Kier molecular flexibility index (Phi) is 40.0. The van der Waals surface area contributed by atoms with E-state index in [-0.39, 0.29) is 32.0 Å². The first-order valence-electron chi connectivity index (χ1n) is 23.7. The highest BCUT2D eigenvalue weighted by molar-refractivity contribution is 7.47. The first-order valence-corrected chi connectivity index (χ1v) is 25.2. The molecule has 0 aliphatic rings. The molecule has 9 nitrogen and oxygen atoms in total. The van der Waals surface area contributed by atoms with Gasteiger partial charge in [-0.25, -0.2) is 4.57 Å². The summed E-state index contributed by atoms with van der Waals surface area (Å²) in [5.41, 5.74) is 0. The molecule has 60 heavy (non-hydrogen) atoms. The lowest BCUT2D eigenvalue weighted by Crippen LogP contribution is -2.37. The summed E-state index contributed by atoms with van der Waals surface area (Å²) in [7, 11) is 1.46. The quantitative estimate of drug-likeness (QED) is 0.0212. The maximum absolute atomic E-state index is 12.7. The highest BCUT2D eigenvalue weighted by Gasteiger charge is 2.27. The van der Waals surface area contributed by atoms with Crippen LogP contribution in [0.15, 0.2) is 72.9 Å². The van der Waals surface area contributed by atoms with E-state index in [9.17, 15) is 19.0 Å². The summed E-state index contributed by atoms with van der Waals surface area (Å²) in [6.07, 6.45) is 52.4. The van der Waals surface area contributed by atoms with Gasteiger partial charge in [-0.05, 0) is 77.0 Å². The van der Waals surface area contributed by atoms with Crippen molar-refractivity contribution in [1.82, 2.24) is 0 Å². The maximum Gasteiger partial charge on any atom is 0.472 e. The van der Waals surface area contributed by atoms with Gasteiger partial charge in [-0.15, -0.1) is 0 Å². The summed E-state index contributed by atoms with van der Waals surface area (Å²) in [6, 6.07) is 0. The number of ether oxygens (including phenoxy) is 2. The first kappa shape index (κ1) is 57.4. The third kappa shape index (κ3) is 45.0. The normalized spacial score (nSPS) is 14.2. The highest BCUT2D eigenvalue weighted by atomic mass is 31.2. The fraction of sp³-hybridized carbons (Fsp3) is 0.720. The minimum atomic E-state index is -4.38. The molecule has 0 spiro atoms. The second kappa shape index (κ2) is 41.8. The van der Waals surface area contributed by atoms with Crippen molar-refractivity contribution in [2.45, 2.75) is 187 Å². The van der Waals surface area contributed by atoms with E-state index in [1.165, 1.54) is 44.9 Å². The molecule has 2 unspecified atom stereocenters. The number of rotatable bonds is 42. The number of unbranched alkanes of at least 4 members (excludes halogenated alkanes) is 16. The zero-order chi connectivity index (χ0) is 44.3. The molecule has 0 radical (unpaired) electrons. The Hall–Kier alpha value is -2.55. The minimum Gasteiger partial charge on any atom is -0.462 e. The van der Waals surface area contributed by atoms with E-state index in [2.05, 4.69) is 86.8 Å². The van der Waals surface area contributed by atoms with Crippen molar-refractivity contribution in [1.29, 1.82) is 0 Å². The predicted octanol–water partition coefficient (Wildman–Crippen LogP) is 13.8. The number of nitrogens with zero attached hydrogens (tertiary/aromatic N) is 1. The summed E-state index contributed by atoms with van der Waals surface area (Å²) in [5.74, 6) is -0.822. The van der Waals surface area contributed by atoms with Crippen molar-refractivity contribution in [3.05, 3.63) is 72.9 Å². The molecular weight excluding hydrogens is 774 g/mol. The molecule has 0 heterocycles. The Balaban J connectivity index is 4.25. The minimum absolute atomic E-state index is 0.0260. The molecular formula is C50H89NO8P+. The van der Waals surface area contributed by atoms with Crippen LogP contribution in [-0.2, 0) is 32.7 Å². The molecule has 0 amide bonds. The zero-order valence-corrected chi connectivity index (χ0v) is 39.8. The molecule has 0 bridgehead atoms. The Labute approximate surface area is 368 Å². The van der Waals surface area contributed by atoms with Gasteiger partial charge in [-0.3, -0.25) is 18.6 Å². The summed E-state index contributed by atoms with van der Waals surface area (Å²) < 4.78 is 34.3. The standard InChI is InChI=1S/C50H88NO8P/c1-6-8-10-12-14-16-18-19-20-21-22-23-24-25-26-27-28-29-30-31-33-35-37-39-41-43-50(53)59-48(47-58-60(54,55)57-45-44-51(3,4)5)46-56-49(52)42-40-38-36-34-32-17-15-13-11-9-7-2/h8,10,13-16,19-20,22-23,25-26,48H,6-7,9,11-12,17-18,21,24,27-47H2,1-5H3/p+1/b10-8-,15-13-,16-14-,20-19-,23-22-,26-25-. The molecule has 0 aliphatic heterocycles. The molecule has 0 saturated carbocycles. The van der Waals surface area contributed by atoms with E-state index in [1.807, 2.05) is 21.1 Å². The molecule has 0 rings (SSSR count). The van der Waals surface area contributed by atoms with Gasteiger partial charge in [0.15, 0.2) is 6.10 Å². The average Bonchev–Trinajstić information content (AvgIpc) is 3.20. The van der Waals surface area contributed by atoms with Crippen molar-refractivity contribution < 1.29 is 42.1 Å². The van der Waals surface area contributed by atoms with Crippen LogP contribution < -0.4 is 0 Å². The number of quaternary nitrogens is 1. The van der Waals surface area contributed by atoms with E-state index < -0.39 is 26.5 Å². The Morgan fingerprint density at radius 2 is 0.950 bits per heavy atom. The van der Waals surface area contributed by atoms with Gasteiger partial charge in [0.2, 0.25) is 0 Å². The molecule has 0 saturated heterocycles. The van der Waals surface area contributed by atoms with Crippen molar-refractivity contribution in [2.75, 3.05) is 47.5 Å². The van der Waals surface area contributed by atoms with Crippen molar-refractivity contribution in [3.8, 4) is 0 Å². The number of esters is 2. The first-order chi connectivity index (χ1) is 29.0. The van der Waals surface area contributed by atoms with Crippen LogP contribution >= 0.6 is 7.82 Å². The molecule has 1 N–H and O–H groups in total.